The molecule has 0 aliphatic carbocycles. The van der Waals surface area contributed by atoms with Crippen LogP contribution in [0.2, 0.25) is 0 Å². The van der Waals surface area contributed by atoms with Crippen LogP contribution in [0.1, 0.15) is 24.2 Å². The normalized spacial score (nSPS) is 15.3. The van der Waals surface area contributed by atoms with Gasteiger partial charge in [0.2, 0.25) is 12.4 Å². The Balaban J connectivity index is 1.97. The van der Waals surface area contributed by atoms with E-state index in [1.165, 1.54) is 12.4 Å². The van der Waals surface area contributed by atoms with Crippen molar-refractivity contribution in [3.05, 3.63) is 18.0 Å². The van der Waals surface area contributed by atoms with E-state index in [2.05, 4.69) is 15.3 Å². The molecule has 0 radical (unpaired) electrons. The number of nitrogens with one attached hydrogen (secondary N) is 1. The lowest BCUT2D eigenvalue weighted by atomic mass is 10.2. The monoisotopic (exact) mass is 277 g/mol. The maximum absolute atomic E-state index is 12.2. The summed E-state index contributed by atoms with van der Waals surface area (Å²) in [7, 11) is 0. The van der Waals surface area contributed by atoms with Crippen LogP contribution < -0.4 is 5.32 Å². The molecular formula is C13H19N5O2. The van der Waals surface area contributed by atoms with E-state index in [-0.39, 0.29) is 11.9 Å². The SMILES string of the molecule is CC(C)Nc1ncc(C(=O)N2CCN(C=O)CC2)cn1. The number of hydrogen-bond donors (Lipinski definition) is 1. The van der Waals surface area contributed by atoms with Gasteiger partial charge in [-0.3, -0.25) is 9.59 Å². The lowest BCUT2D eigenvalue weighted by Gasteiger charge is -2.32. The van der Waals surface area contributed by atoms with Gasteiger partial charge in [-0.15, -0.1) is 0 Å². The van der Waals surface area contributed by atoms with Crippen molar-refractivity contribution < 1.29 is 9.59 Å². The predicted molar refractivity (Wildman–Crippen MR) is 74.3 cm³/mol. The first kappa shape index (κ1) is 14.2. The van der Waals surface area contributed by atoms with Gasteiger partial charge in [0.15, 0.2) is 0 Å². The Hall–Kier alpha value is -2.18. The molecule has 1 aliphatic rings. The lowest BCUT2D eigenvalue weighted by Crippen LogP contribution is -2.48. The summed E-state index contributed by atoms with van der Waals surface area (Å²) in [5.74, 6) is 0.425. The van der Waals surface area contributed by atoms with Crippen molar-refractivity contribution in [3.63, 3.8) is 0 Å². The molecule has 1 aliphatic heterocycles. The molecule has 1 N–H and O–H groups in total. The van der Waals surface area contributed by atoms with Gasteiger partial charge in [0.05, 0.1) is 5.56 Å². The molecule has 0 bridgehead atoms. The Morgan fingerprint density at radius 1 is 1.25 bits per heavy atom. The van der Waals surface area contributed by atoms with Crippen LogP contribution >= 0.6 is 0 Å². The maximum atomic E-state index is 12.2. The van der Waals surface area contributed by atoms with Crippen LogP contribution in [0.4, 0.5) is 5.95 Å². The van der Waals surface area contributed by atoms with Gasteiger partial charge in [-0.1, -0.05) is 0 Å². The minimum absolute atomic E-state index is 0.0911. The van der Waals surface area contributed by atoms with E-state index in [1.54, 1.807) is 9.80 Å². The van der Waals surface area contributed by atoms with E-state index in [9.17, 15) is 9.59 Å². The summed E-state index contributed by atoms with van der Waals surface area (Å²) in [6.45, 7) is 6.23. The third-order valence-corrected chi connectivity index (χ3v) is 3.07. The minimum atomic E-state index is -0.0911. The van der Waals surface area contributed by atoms with Crippen molar-refractivity contribution >= 4 is 18.3 Å². The first-order chi connectivity index (χ1) is 9.60. The highest BCUT2D eigenvalue weighted by atomic mass is 16.2. The molecule has 1 saturated heterocycles. The Morgan fingerprint density at radius 2 is 1.85 bits per heavy atom. The summed E-state index contributed by atoms with van der Waals surface area (Å²) < 4.78 is 0. The molecule has 1 fully saturated rings. The molecule has 0 spiro atoms. The number of anilines is 1. The highest BCUT2D eigenvalue weighted by Crippen LogP contribution is 2.08. The van der Waals surface area contributed by atoms with E-state index in [4.69, 9.17) is 0 Å². The number of carbonyl (C=O) groups excluding carboxylic acids is 2. The highest BCUT2D eigenvalue weighted by Gasteiger charge is 2.21. The average molecular weight is 277 g/mol. The molecule has 1 aromatic rings. The van der Waals surface area contributed by atoms with Gasteiger partial charge in [-0.2, -0.15) is 0 Å². The minimum Gasteiger partial charge on any atom is -0.352 e. The van der Waals surface area contributed by atoms with E-state index < -0.39 is 0 Å². The molecule has 7 nitrogen and oxygen atoms in total. The Kier molecular flexibility index (Phi) is 4.49. The van der Waals surface area contributed by atoms with Crippen LogP contribution in [0.3, 0.4) is 0 Å². The van der Waals surface area contributed by atoms with Crippen molar-refractivity contribution in [2.45, 2.75) is 19.9 Å². The lowest BCUT2D eigenvalue weighted by molar-refractivity contribution is -0.119. The van der Waals surface area contributed by atoms with Crippen LogP contribution in [0, 0.1) is 0 Å². The summed E-state index contributed by atoms with van der Waals surface area (Å²) >= 11 is 0. The van der Waals surface area contributed by atoms with E-state index >= 15 is 0 Å². The third-order valence-electron chi connectivity index (χ3n) is 3.07. The molecule has 7 heteroatoms. The zero-order valence-electron chi connectivity index (χ0n) is 11.7. The standard InChI is InChI=1S/C13H19N5O2/c1-10(2)16-13-14-7-11(8-15-13)12(20)18-5-3-17(9-19)4-6-18/h7-10H,3-6H2,1-2H3,(H,14,15,16). The number of rotatable bonds is 4. The summed E-state index contributed by atoms with van der Waals surface area (Å²) in [6, 6.07) is 0.243. The fraction of sp³-hybridized carbons (Fsp3) is 0.538. The first-order valence-corrected chi connectivity index (χ1v) is 6.67. The zero-order chi connectivity index (χ0) is 14.5. The van der Waals surface area contributed by atoms with E-state index in [0.29, 0.717) is 37.7 Å². The molecule has 2 amide bonds. The van der Waals surface area contributed by atoms with Crippen LogP contribution in [0.5, 0.6) is 0 Å². The zero-order valence-corrected chi connectivity index (χ0v) is 11.7. The van der Waals surface area contributed by atoms with Crippen molar-refractivity contribution in [1.82, 2.24) is 19.8 Å². The first-order valence-electron chi connectivity index (χ1n) is 6.67. The van der Waals surface area contributed by atoms with Crippen molar-refractivity contribution in [2.75, 3.05) is 31.5 Å². The van der Waals surface area contributed by atoms with Crippen molar-refractivity contribution in [2.24, 2.45) is 0 Å². The second-order valence-electron chi connectivity index (χ2n) is 5.03. The topological polar surface area (TPSA) is 78.4 Å². The number of amides is 2. The molecule has 0 unspecified atom stereocenters. The molecule has 2 rings (SSSR count). The second kappa shape index (κ2) is 6.31. The molecule has 0 aromatic carbocycles. The van der Waals surface area contributed by atoms with Crippen LogP contribution in [0.15, 0.2) is 12.4 Å². The smallest absolute Gasteiger partial charge is 0.257 e. The average Bonchev–Trinajstić information content (AvgIpc) is 2.47. The van der Waals surface area contributed by atoms with E-state index in [1.807, 2.05) is 13.8 Å². The predicted octanol–water partition coefficient (Wildman–Crippen LogP) is 0.211. The molecule has 0 saturated carbocycles. The molecule has 20 heavy (non-hydrogen) atoms. The van der Waals surface area contributed by atoms with E-state index in [0.717, 1.165) is 6.41 Å². The molecule has 1 aromatic heterocycles. The number of carbonyl (C=O) groups is 2. The van der Waals surface area contributed by atoms with Gasteiger partial charge in [0.25, 0.3) is 5.91 Å². The number of piperazine rings is 1. The van der Waals surface area contributed by atoms with Gasteiger partial charge < -0.3 is 15.1 Å². The van der Waals surface area contributed by atoms with Crippen LogP contribution in [-0.2, 0) is 4.79 Å². The Labute approximate surface area is 118 Å². The van der Waals surface area contributed by atoms with Gasteiger partial charge in [-0.05, 0) is 13.8 Å². The number of aromatic nitrogens is 2. The number of hydrogen-bond acceptors (Lipinski definition) is 5. The quantitative estimate of drug-likeness (QED) is 0.796. The van der Waals surface area contributed by atoms with Gasteiger partial charge in [0.1, 0.15) is 0 Å². The van der Waals surface area contributed by atoms with Gasteiger partial charge >= 0.3 is 0 Å². The Bertz CT molecular complexity index is 466. The fourth-order valence-electron chi connectivity index (χ4n) is 1.98. The van der Waals surface area contributed by atoms with Crippen LogP contribution in [0.25, 0.3) is 0 Å². The summed E-state index contributed by atoms with van der Waals surface area (Å²) in [5.41, 5.74) is 0.471. The van der Waals surface area contributed by atoms with Gasteiger partial charge in [-0.25, -0.2) is 9.97 Å². The van der Waals surface area contributed by atoms with Crippen molar-refractivity contribution in [3.8, 4) is 0 Å². The maximum Gasteiger partial charge on any atom is 0.257 e. The molecular weight excluding hydrogens is 258 g/mol. The summed E-state index contributed by atoms with van der Waals surface area (Å²) in [4.78, 5) is 34.5. The Morgan fingerprint density at radius 3 is 2.35 bits per heavy atom. The third kappa shape index (κ3) is 3.43. The molecule has 0 atom stereocenters. The fourth-order valence-corrected chi connectivity index (χ4v) is 1.98. The highest BCUT2D eigenvalue weighted by molar-refractivity contribution is 5.93. The summed E-state index contributed by atoms with van der Waals surface area (Å²) in [6.07, 6.45) is 3.88. The largest absolute Gasteiger partial charge is 0.352 e. The van der Waals surface area contributed by atoms with Crippen molar-refractivity contribution in [1.29, 1.82) is 0 Å². The second-order valence-corrected chi connectivity index (χ2v) is 5.03. The molecule has 2 heterocycles. The van der Waals surface area contributed by atoms with Gasteiger partial charge in [0, 0.05) is 44.6 Å². The van der Waals surface area contributed by atoms with Crippen LogP contribution in [-0.4, -0.2) is 64.3 Å². The number of nitrogens with zero attached hydrogens (tertiary/aromatic N) is 4. The summed E-state index contributed by atoms with van der Waals surface area (Å²) in [5, 5.41) is 3.07. The molecule has 108 valence electrons.